The van der Waals surface area contributed by atoms with Gasteiger partial charge in [-0.3, -0.25) is 9.59 Å². The quantitative estimate of drug-likeness (QED) is 0.686. The van der Waals surface area contributed by atoms with Gasteiger partial charge in [0.1, 0.15) is 0 Å². The van der Waals surface area contributed by atoms with Crippen LogP contribution in [0.15, 0.2) is 67.0 Å². The van der Waals surface area contributed by atoms with Crippen molar-refractivity contribution in [1.82, 2.24) is 9.97 Å². The van der Waals surface area contributed by atoms with Crippen molar-refractivity contribution < 1.29 is 9.59 Å². The first-order valence-electron chi connectivity index (χ1n) is 9.80. The Balaban J connectivity index is 1.44. The van der Waals surface area contributed by atoms with Crippen LogP contribution in [0, 0.1) is 11.8 Å². The van der Waals surface area contributed by atoms with Crippen molar-refractivity contribution in [1.29, 1.82) is 0 Å². The SMILES string of the molecule is O=C(Nc1ccc(N2CCCCC2=O)cc1)c1cccc(C#Cc2ncccn2)c1. The van der Waals surface area contributed by atoms with E-state index in [4.69, 9.17) is 0 Å². The molecule has 0 radical (unpaired) electrons. The Kier molecular flexibility index (Phi) is 5.81. The van der Waals surface area contributed by atoms with E-state index in [1.165, 1.54) is 0 Å². The molecule has 2 heterocycles. The van der Waals surface area contributed by atoms with Gasteiger partial charge < -0.3 is 10.2 Å². The summed E-state index contributed by atoms with van der Waals surface area (Å²) in [7, 11) is 0. The molecular weight excluding hydrogens is 376 g/mol. The Labute approximate surface area is 175 Å². The standard InChI is InChI=1S/C24H20N4O2/c29-23-7-1-2-16-28(23)21-11-9-20(10-12-21)27-24(30)19-6-3-5-18(17-19)8-13-22-25-14-4-15-26-22/h3-6,9-12,14-15,17H,1-2,7,16H2,(H,27,30). The van der Waals surface area contributed by atoms with Gasteiger partial charge in [-0.1, -0.05) is 12.0 Å². The van der Waals surface area contributed by atoms with E-state index < -0.39 is 0 Å². The van der Waals surface area contributed by atoms with Gasteiger partial charge >= 0.3 is 0 Å². The number of carbonyl (C=O) groups is 2. The fourth-order valence-electron chi connectivity index (χ4n) is 3.24. The zero-order chi connectivity index (χ0) is 20.8. The second-order valence-corrected chi connectivity index (χ2v) is 6.91. The predicted octanol–water partition coefficient (Wildman–Crippen LogP) is 3.65. The maximum absolute atomic E-state index is 12.6. The summed E-state index contributed by atoms with van der Waals surface area (Å²) in [5.41, 5.74) is 2.74. The van der Waals surface area contributed by atoms with Crippen LogP contribution in [0.5, 0.6) is 0 Å². The Morgan fingerprint density at radius 1 is 0.967 bits per heavy atom. The molecule has 0 atom stereocenters. The third kappa shape index (κ3) is 4.70. The largest absolute Gasteiger partial charge is 0.322 e. The van der Waals surface area contributed by atoms with Gasteiger partial charge in [0, 0.05) is 47.9 Å². The van der Waals surface area contributed by atoms with Gasteiger partial charge in [0.15, 0.2) is 0 Å². The fraction of sp³-hybridized carbons (Fsp3) is 0.167. The minimum Gasteiger partial charge on any atom is -0.322 e. The van der Waals surface area contributed by atoms with E-state index in [0.29, 0.717) is 29.1 Å². The first-order valence-corrected chi connectivity index (χ1v) is 9.80. The molecule has 6 nitrogen and oxygen atoms in total. The minimum absolute atomic E-state index is 0.150. The lowest BCUT2D eigenvalue weighted by Gasteiger charge is -2.26. The van der Waals surface area contributed by atoms with Crippen molar-refractivity contribution in [3.8, 4) is 11.8 Å². The van der Waals surface area contributed by atoms with Gasteiger partial charge in [-0.2, -0.15) is 0 Å². The summed E-state index contributed by atoms with van der Waals surface area (Å²) in [6, 6.07) is 16.2. The number of nitrogens with zero attached hydrogens (tertiary/aromatic N) is 3. The average molecular weight is 396 g/mol. The molecule has 0 saturated carbocycles. The molecule has 6 heteroatoms. The summed E-state index contributed by atoms with van der Waals surface area (Å²) < 4.78 is 0. The summed E-state index contributed by atoms with van der Waals surface area (Å²) in [6.45, 7) is 0.742. The first-order chi connectivity index (χ1) is 14.7. The Morgan fingerprint density at radius 2 is 1.77 bits per heavy atom. The van der Waals surface area contributed by atoms with Gasteiger partial charge in [0.05, 0.1) is 0 Å². The number of nitrogens with one attached hydrogen (secondary N) is 1. The molecular formula is C24H20N4O2. The fourth-order valence-corrected chi connectivity index (χ4v) is 3.24. The highest BCUT2D eigenvalue weighted by atomic mass is 16.2. The van der Waals surface area contributed by atoms with E-state index in [9.17, 15) is 9.59 Å². The summed E-state index contributed by atoms with van der Waals surface area (Å²) in [5.74, 6) is 6.21. The number of hydrogen-bond donors (Lipinski definition) is 1. The summed E-state index contributed by atoms with van der Waals surface area (Å²) >= 11 is 0. The highest BCUT2D eigenvalue weighted by Gasteiger charge is 2.19. The van der Waals surface area contributed by atoms with Gasteiger partial charge in [-0.25, -0.2) is 9.97 Å². The minimum atomic E-state index is -0.226. The van der Waals surface area contributed by atoms with E-state index in [-0.39, 0.29) is 11.8 Å². The van der Waals surface area contributed by atoms with Crippen molar-refractivity contribution in [3.05, 3.63) is 83.9 Å². The zero-order valence-corrected chi connectivity index (χ0v) is 16.3. The van der Waals surface area contributed by atoms with Crippen LogP contribution < -0.4 is 10.2 Å². The van der Waals surface area contributed by atoms with Crippen molar-refractivity contribution in [2.24, 2.45) is 0 Å². The van der Waals surface area contributed by atoms with E-state index in [1.807, 2.05) is 30.3 Å². The topological polar surface area (TPSA) is 75.2 Å². The van der Waals surface area contributed by atoms with Crippen LogP contribution in [0.25, 0.3) is 0 Å². The molecule has 3 aromatic rings. The number of hydrogen-bond acceptors (Lipinski definition) is 4. The maximum Gasteiger partial charge on any atom is 0.255 e. The molecule has 0 spiro atoms. The molecule has 0 unspecified atom stereocenters. The molecule has 1 aliphatic rings. The van der Waals surface area contributed by atoms with E-state index in [1.54, 1.807) is 41.6 Å². The number of benzene rings is 2. The smallest absolute Gasteiger partial charge is 0.255 e. The Bertz CT molecular complexity index is 1120. The summed E-state index contributed by atoms with van der Waals surface area (Å²) in [4.78, 5) is 34.6. The molecule has 2 aromatic carbocycles. The highest BCUT2D eigenvalue weighted by molar-refractivity contribution is 6.04. The number of carbonyl (C=O) groups excluding carboxylic acids is 2. The molecule has 4 rings (SSSR count). The van der Waals surface area contributed by atoms with Crippen molar-refractivity contribution in [2.75, 3.05) is 16.8 Å². The van der Waals surface area contributed by atoms with Crippen LogP contribution in [0.2, 0.25) is 0 Å². The van der Waals surface area contributed by atoms with Crippen LogP contribution in [0.4, 0.5) is 11.4 Å². The summed E-state index contributed by atoms with van der Waals surface area (Å²) in [5, 5.41) is 2.89. The molecule has 30 heavy (non-hydrogen) atoms. The van der Waals surface area contributed by atoms with Gasteiger partial charge in [-0.15, -0.1) is 0 Å². The highest BCUT2D eigenvalue weighted by Crippen LogP contribution is 2.23. The monoisotopic (exact) mass is 396 g/mol. The molecule has 0 bridgehead atoms. The number of amides is 2. The molecule has 1 saturated heterocycles. The maximum atomic E-state index is 12.6. The van der Waals surface area contributed by atoms with Gasteiger partial charge in [-0.05, 0) is 67.3 Å². The lowest BCUT2D eigenvalue weighted by atomic mass is 10.1. The normalized spacial score (nSPS) is 13.3. The Morgan fingerprint density at radius 3 is 2.53 bits per heavy atom. The van der Waals surface area contributed by atoms with Crippen LogP contribution >= 0.6 is 0 Å². The molecule has 148 valence electrons. The van der Waals surface area contributed by atoms with Gasteiger partial charge in [0.2, 0.25) is 11.7 Å². The second-order valence-electron chi connectivity index (χ2n) is 6.91. The predicted molar refractivity (Wildman–Crippen MR) is 115 cm³/mol. The average Bonchev–Trinajstić information content (AvgIpc) is 2.79. The molecule has 1 fully saturated rings. The van der Waals surface area contributed by atoms with Crippen molar-refractivity contribution >= 4 is 23.2 Å². The number of piperidine rings is 1. The Hall–Kier alpha value is -3.98. The van der Waals surface area contributed by atoms with Crippen molar-refractivity contribution in [2.45, 2.75) is 19.3 Å². The lowest BCUT2D eigenvalue weighted by molar-refractivity contribution is -0.119. The van der Waals surface area contributed by atoms with Crippen molar-refractivity contribution in [3.63, 3.8) is 0 Å². The van der Waals surface area contributed by atoms with E-state index in [2.05, 4.69) is 27.1 Å². The van der Waals surface area contributed by atoms with Crippen LogP contribution in [-0.4, -0.2) is 28.3 Å². The first kappa shape index (κ1) is 19.3. The molecule has 2 amide bonds. The number of anilines is 2. The van der Waals surface area contributed by atoms with E-state index >= 15 is 0 Å². The van der Waals surface area contributed by atoms with E-state index in [0.717, 1.165) is 25.1 Å². The van der Waals surface area contributed by atoms with Crippen LogP contribution in [-0.2, 0) is 4.79 Å². The second kappa shape index (κ2) is 9.01. The van der Waals surface area contributed by atoms with Crippen LogP contribution in [0.1, 0.15) is 41.0 Å². The number of rotatable bonds is 3. The summed E-state index contributed by atoms with van der Waals surface area (Å²) in [6.07, 6.45) is 5.82. The third-order valence-corrected chi connectivity index (χ3v) is 4.77. The van der Waals surface area contributed by atoms with Gasteiger partial charge in [0.25, 0.3) is 5.91 Å². The zero-order valence-electron chi connectivity index (χ0n) is 16.3. The van der Waals surface area contributed by atoms with Crippen LogP contribution in [0.3, 0.4) is 0 Å². The lowest BCUT2D eigenvalue weighted by Crippen LogP contribution is -2.35. The molecule has 1 N–H and O–H groups in total. The number of aromatic nitrogens is 2. The third-order valence-electron chi connectivity index (χ3n) is 4.77. The molecule has 0 aliphatic carbocycles. The molecule has 1 aromatic heterocycles. The molecule has 1 aliphatic heterocycles.